The van der Waals surface area contributed by atoms with Crippen LogP contribution in [-0.4, -0.2) is 13.2 Å². The number of unbranched alkanes of at least 4 members (excludes halogenated alkanes) is 2. The van der Waals surface area contributed by atoms with Crippen molar-refractivity contribution in [2.75, 3.05) is 13.2 Å². The van der Waals surface area contributed by atoms with E-state index >= 15 is 0 Å². The average molecular weight is 172 g/mol. The van der Waals surface area contributed by atoms with Gasteiger partial charge in [0.1, 0.15) is 0 Å². The minimum Gasteiger partial charge on any atom is -0.381 e. The lowest BCUT2D eigenvalue weighted by molar-refractivity contribution is 0.128. The molecule has 0 atom stereocenters. The van der Waals surface area contributed by atoms with Crippen LogP contribution in [0.5, 0.6) is 0 Å². The molecule has 2 N–H and O–H groups in total. The summed E-state index contributed by atoms with van der Waals surface area (Å²) in [6.07, 6.45) is 6.16. The predicted octanol–water partition coefficient (Wildman–Crippen LogP) is 2.03. The normalized spacial score (nSPS) is 8.08. The molecule has 12 heavy (non-hydrogen) atoms. The SMILES string of the molecule is CCCCOCCCC.N#CN. The highest BCUT2D eigenvalue weighted by Gasteiger charge is 1.84. The van der Waals surface area contributed by atoms with Crippen LogP contribution in [0.25, 0.3) is 0 Å². The molecular formula is C9H20N2O. The number of nitrogens with two attached hydrogens (primary N) is 1. The Balaban J connectivity index is 0. The average Bonchev–Trinajstić information content (AvgIpc) is 2.06. The van der Waals surface area contributed by atoms with Gasteiger partial charge in [-0.1, -0.05) is 26.7 Å². The number of ether oxygens (including phenoxy) is 1. The van der Waals surface area contributed by atoms with E-state index in [1.54, 1.807) is 0 Å². The van der Waals surface area contributed by atoms with Crippen molar-refractivity contribution in [3.8, 4) is 6.19 Å². The highest BCUT2D eigenvalue weighted by Crippen LogP contribution is 1.91. The molecule has 72 valence electrons. The maximum absolute atomic E-state index is 7.10. The molecule has 0 spiro atoms. The van der Waals surface area contributed by atoms with Gasteiger partial charge in [0.05, 0.1) is 0 Å². The summed E-state index contributed by atoms with van der Waals surface area (Å²) in [5, 5.41) is 7.10. The Labute approximate surface area is 75.5 Å². The zero-order valence-electron chi connectivity index (χ0n) is 8.18. The summed E-state index contributed by atoms with van der Waals surface area (Å²) in [7, 11) is 0. The van der Waals surface area contributed by atoms with Crippen molar-refractivity contribution in [1.29, 1.82) is 5.26 Å². The van der Waals surface area contributed by atoms with Crippen LogP contribution in [0.2, 0.25) is 0 Å². The first-order chi connectivity index (χ1) is 5.83. The van der Waals surface area contributed by atoms with Crippen molar-refractivity contribution in [2.45, 2.75) is 39.5 Å². The van der Waals surface area contributed by atoms with Gasteiger partial charge in [0.15, 0.2) is 6.19 Å². The predicted molar refractivity (Wildman–Crippen MR) is 50.4 cm³/mol. The quantitative estimate of drug-likeness (QED) is 0.379. The van der Waals surface area contributed by atoms with Gasteiger partial charge in [-0.25, -0.2) is 0 Å². The second-order valence-electron chi connectivity index (χ2n) is 2.45. The molecule has 0 saturated carbocycles. The molecule has 0 heterocycles. The Kier molecular flexibility index (Phi) is 19.2. The number of rotatable bonds is 6. The van der Waals surface area contributed by atoms with E-state index in [9.17, 15) is 0 Å². The number of hydrogen-bond donors (Lipinski definition) is 1. The van der Waals surface area contributed by atoms with Gasteiger partial charge >= 0.3 is 0 Å². The van der Waals surface area contributed by atoms with Crippen molar-refractivity contribution in [3.05, 3.63) is 0 Å². The molecule has 0 aliphatic rings. The van der Waals surface area contributed by atoms with Gasteiger partial charge in [0.25, 0.3) is 0 Å². The van der Waals surface area contributed by atoms with E-state index in [0.29, 0.717) is 0 Å². The van der Waals surface area contributed by atoms with E-state index in [2.05, 4.69) is 19.6 Å². The summed E-state index contributed by atoms with van der Waals surface area (Å²) in [4.78, 5) is 0. The molecule has 0 rings (SSSR count). The maximum atomic E-state index is 7.10. The molecule has 0 aliphatic heterocycles. The van der Waals surface area contributed by atoms with E-state index in [1.165, 1.54) is 31.9 Å². The van der Waals surface area contributed by atoms with Crippen molar-refractivity contribution >= 4 is 0 Å². The molecule has 0 amide bonds. The van der Waals surface area contributed by atoms with Gasteiger partial charge in [-0.15, -0.1) is 0 Å². The van der Waals surface area contributed by atoms with Crippen molar-refractivity contribution < 1.29 is 4.74 Å². The first-order valence-corrected chi connectivity index (χ1v) is 4.50. The van der Waals surface area contributed by atoms with Crippen LogP contribution < -0.4 is 5.73 Å². The van der Waals surface area contributed by atoms with Crippen LogP contribution >= 0.6 is 0 Å². The fourth-order valence-electron chi connectivity index (χ4n) is 0.595. The van der Waals surface area contributed by atoms with E-state index in [1.807, 2.05) is 0 Å². The Bertz CT molecular complexity index is 93.2. The summed E-state index contributed by atoms with van der Waals surface area (Å²) >= 11 is 0. The molecule has 0 radical (unpaired) electrons. The lowest BCUT2D eigenvalue weighted by Crippen LogP contribution is -1.95. The van der Waals surface area contributed by atoms with Gasteiger partial charge in [0.2, 0.25) is 0 Å². The van der Waals surface area contributed by atoms with Gasteiger partial charge in [-0.05, 0) is 12.8 Å². The monoisotopic (exact) mass is 172 g/mol. The first kappa shape index (κ1) is 13.8. The van der Waals surface area contributed by atoms with Crippen LogP contribution in [0.1, 0.15) is 39.5 Å². The molecule has 0 aromatic carbocycles. The minimum atomic E-state index is 0.955. The number of nitrogens with zero attached hydrogens (tertiary/aromatic N) is 1. The second-order valence-corrected chi connectivity index (χ2v) is 2.45. The van der Waals surface area contributed by atoms with Gasteiger partial charge in [-0.2, -0.15) is 5.26 Å². The van der Waals surface area contributed by atoms with E-state index in [0.717, 1.165) is 13.2 Å². The van der Waals surface area contributed by atoms with Crippen LogP contribution in [0.4, 0.5) is 0 Å². The molecule has 0 fully saturated rings. The van der Waals surface area contributed by atoms with Crippen LogP contribution in [0, 0.1) is 11.5 Å². The summed E-state index contributed by atoms with van der Waals surface area (Å²) in [6, 6.07) is 0. The molecule has 0 aromatic heterocycles. The fraction of sp³-hybridized carbons (Fsp3) is 0.889. The van der Waals surface area contributed by atoms with Crippen LogP contribution in [0.15, 0.2) is 0 Å². The van der Waals surface area contributed by atoms with Crippen molar-refractivity contribution in [3.63, 3.8) is 0 Å². The van der Waals surface area contributed by atoms with Crippen LogP contribution in [-0.2, 0) is 4.74 Å². The summed E-state index contributed by atoms with van der Waals surface area (Å²) in [6.45, 7) is 6.28. The summed E-state index contributed by atoms with van der Waals surface area (Å²) in [5.41, 5.74) is 4.15. The molecule has 0 unspecified atom stereocenters. The lowest BCUT2D eigenvalue weighted by Gasteiger charge is -1.99. The third-order valence-electron chi connectivity index (χ3n) is 1.28. The Hall–Kier alpha value is -0.750. The maximum Gasteiger partial charge on any atom is 0.173 e. The highest BCUT2D eigenvalue weighted by atomic mass is 16.5. The minimum absolute atomic E-state index is 0.955. The summed E-state index contributed by atoms with van der Waals surface area (Å²) in [5.74, 6) is 0. The molecule has 0 bridgehead atoms. The third-order valence-corrected chi connectivity index (χ3v) is 1.28. The van der Waals surface area contributed by atoms with Crippen molar-refractivity contribution in [2.24, 2.45) is 5.73 Å². The fourth-order valence-corrected chi connectivity index (χ4v) is 0.595. The van der Waals surface area contributed by atoms with Gasteiger partial charge in [0, 0.05) is 13.2 Å². The molecule has 0 aromatic rings. The molecule has 3 nitrogen and oxygen atoms in total. The molecule has 0 aliphatic carbocycles. The molecule has 3 heteroatoms. The number of nitriles is 1. The molecule has 0 saturated heterocycles. The van der Waals surface area contributed by atoms with Gasteiger partial charge in [-0.3, -0.25) is 0 Å². The Morgan fingerprint density at radius 1 is 1.17 bits per heavy atom. The topological polar surface area (TPSA) is 59.0 Å². The smallest absolute Gasteiger partial charge is 0.173 e. The van der Waals surface area contributed by atoms with E-state index in [4.69, 9.17) is 10.00 Å². The Morgan fingerprint density at radius 3 is 1.75 bits per heavy atom. The van der Waals surface area contributed by atoms with Crippen LogP contribution in [0.3, 0.4) is 0 Å². The second kappa shape index (κ2) is 16.7. The molecular weight excluding hydrogens is 152 g/mol. The zero-order valence-corrected chi connectivity index (χ0v) is 8.18. The van der Waals surface area contributed by atoms with E-state index in [-0.39, 0.29) is 0 Å². The standard InChI is InChI=1S/C8H18O.CH2N2/c1-3-5-7-9-8-6-4-2;2-1-3/h3-8H2,1-2H3;2H2. The number of hydrogen-bond acceptors (Lipinski definition) is 3. The Morgan fingerprint density at radius 2 is 1.50 bits per heavy atom. The third kappa shape index (κ3) is 22.8. The first-order valence-electron chi connectivity index (χ1n) is 4.50. The zero-order chi connectivity index (χ0) is 9.66. The largest absolute Gasteiger partial charge is 0.381 e. The van der Waals surface area contributed by atoms with Gasteiger partial charge < -0.3 is 10.5 Å². The summed E-state index contributed by atoms with van der Waals surface area (Å²) < 4.78 is 5.31. The van der Waals surface area contributed by atoms with Crippen molar-refractivity contribution in [1.82, 2.24) is 0 Å². The van der Waals surface area contributed by atoms with E-state index < -0.39 is 0 Å². The highest BCUT2D eigenvalue weighted by molar-refractivity contribution is 4.46. The lowest BCUT2D eigenvalue weighted by atomic mass is 10.3.